The molecular weight excluding hydrogens is 198 g/mol. The summed E-state index contributed by atoms with van der Waals surface area (Å²) in [5.41, 5.74) is 3.08. The van der Waals surface area contributed by atoms with E-state index in [1.165, 1.54) is 18.2 Å². The van der Waals surface area contributed by atoms with Crippen molar-refractivity contribution in [1.29, 1.82) is 5.26 Å². The Kier molecular flexibility index (Phi) is 3.29. The van der Waals surface area contributed by atoms with Gasteiger partial charge in [-0.25, -0.2) is 0 Å². The lowest BCUT2D eigenvalue weighted by Gasteiger charge is -1.97. The maximum Gasteiger partial charge on any atom is 0.269 e. The summed E-state index contributed by atoms with van der Waals surface area (Å²) in [4.78, 5) is 9.94. The monoisotopic (exact) mass is 205 g/mol. The van der Waals surface area contributed by atoms with E-state index < -0.39 is 4.92 Å². The molecule has 0 unspecified atom stereocenters. The van der Waals surface area contributed by atoms with Gasteiger partial charge in [-0.2, -0.15) is 10.7 Å². The number of benzene rings is 1. The normalized spacial score (nSPS) is 9.87. The molecule has 7 heteroatoms. The first kappa shape index (κ1) is 10.6. The van der Waals surface area contributed by atoms with Crippen molar-refractivity contribution < 1.29 is 4.92 Å². The quantitative estimate of drug-likeness (QED) is 0.268. The molecule has 15 heavy (non-hydrogen) atoms. The highest BCUT2D eigenvalue weighted by Gasteiger charge is 2.07. The van der Waals surface area contributed by atoms with Crippen molar-refractivity contribution in [2.75, 3.05) is 0 Å². The van der Waals surface area contributed by atoms with Crippen molar-refractivity contribution in [3.63, 3.8) is 0 Å². The Hall–Kier alpha value is -2.49. The highest BCUT2D eigenvalue weighted by atomic mass is 16.6. The molecule has 0 aliphatic rings. The van der Waals surface area contributed by atoms with Crippen molar-refractivity contribution in [2.24, 2.45) is 10.3 Å². The van der Waals surface area contributed by atoms with Gasteiger partial charge in [0.1, 0.15) is 0 Å². The van der Waals surface area contributed by atoms with Crippen LogP contribution in [-0.2, 0) is 0 Å². The van der Waals surface area contributed by atoms with Crippen LogP contribution in [-0.4, -0.2) is 4.92 Å². The van der Waals surface area contributed by atoms with Crippen LogP contribution in [0.5, 0.6) is 0 Å². The van der Waals surface area contributed by atoms with Gasteiger partial charge in [0.05, 0.1) is 10.6 Å². The molecular formula is C8H7N5O2. The van der Waals surface area contributed by atoms with E-state index in [2.05, 4.69) is 10.3 Å². The summed E-state index contributed by atoms with van der Waals surface area (Å²) in [5, 5.41) is 25.6. The molecule has 1 N–H and O–H groups in total. The molecule has 1 aromatic rings. The van der Waals surface area contributed by atoms with E-state index in [4.69, 9.17) is 5.26 Å². The average Bonchev–Trinajstić information content (AvgIpc) is 2.20. The topological polar surface area (TPSA) is 104 Å². The first-order valence-electron chi connectivity index (χ1n) is 3.95. The fraction of sp³-hybridized carbons (Fsp3) is 0.125. The first-order chi connectivity index (χ1) is 7.15. The van der Waals surface area contributed by atoms with E-state index in [0.29, 0.717) is 11.3 Å². The molecule has 0 spiro atoms. The number of hydrogen-bond acceptors (Lipinski definition) is 5. The minimum atomic E-state index is -0.485. The maximum absolute atomic E-state index is 10.4. The molecule has 0 saturated heterocycles. The summed E-state index contributed by atoms with van der Waals surface area (Å²) >= 11 is 0. The lowest BCUT2D eigenvalue weighted by Crippen LogP contribution is -1.90. The SMILES string of the molecule is Cc1cc([N+](=O)[O-])ccc1N=NNC#N. The second-order valence-electron chi connectivity index (χ2n) is 2.65. The van der Waals surface area contributed by atoms with E-state index in [0.717, 1.165) is 0 Å². The zero-order valence-corrected chi connectivity index (χ0v) is 7.84. The Morgan fingerprint density at radius 3 is 2.87 bits per heavy atom. The molecule has 7 nitrogen and oxygen atoms in total. The number of rotatable bonds is 3. The molecule has 1 aromatic carbocycles. The minimum Gasteiger partial charge on any atom is -0.258 e. The third-order valence-electron chi connectivity index (χ3n) is 1.65. The number of non-ortho nitro benzene ring substituents is 1. The van der Waals surface area contributed by atoms with Gasteiger partial charge < -0.3 is 0 Å². The van der Waals surface area contributed by atoms with Crippen LogP contribution in [0, 0.1) is 28.5 Å². The van der Waals surface area contributed by atoms with E-state index in [-0.39, 0.29) is 5.69 Å². The Morgan fingerprint density at radius 1 is 1.60 bits per heavy atom. The molecule has 0 fully saturated rings. The number of nitro benzene ring substituents is 1. The Labute approximate surface area is 85.2 Å². The summed E-state index contributed by atoms with van der Waals surface area (Å²) in [6, 6.07) is 4.18. The van der Waals surface area contributed by atoms with Gasteiger partial charge in [-0.05, 0) is 18.6 Å². The van der Waals surface area contributed by atoms with E-state index in [9.17, 15) is 10.1 Å². The molecule has 0 radical (unpaired) electrons. The molecule has 0 bridgehead atoms. The van der Waals surface area contributed by atoms with E-state index in [1.54, 1.807) is 13.1 Å². The number of nitrogens with zero attached hydrogens (tertiary/aromatic N) is 4. The second kappa shape index (κ2) is 4.66. The summed E-state index contributed by atoms with van der Waals surface area (Å²) < 4.78 is 0. The van der Waals surface area contributed by atoms with Crippen molar-refractivity contribution in [1.82, 2.24) is 5.43 Å². The van der Waals surface area contributed by atoms with Crippen LogP contribution >= 0.6 is 0 Å². The van der Waals surface area contributed by atoms with Gasteiger partial charge in [-0.3, -0.25) is 10.1 Å². The van der Waals surface area contributed by atoms with Crippen molar-refractivity contribution in [3.05, 3.63) is 33.9 Å². The summed E-state index contributed by atoms with van der Waals surface area (Å²) in [6.07, 6.45) is 1.57. The zero-order chi connectivity index (χ0) is 11.3. The van der Waals surface area contributed by atoms with Gasteiger partial charge in [0.15, 0.2) is 6.19 Å². The fourth-order valence-corrected chi connectivity index (χ4v) is 0.967. The largest absolute Gasteiger partial charge is 0.269 e. The third kappa shape index (κ3) is 2.73. The lowest BCUT2D eigenvalue weighted by molar-refractivity contribution is -0.384. The summed E-state index contributed by atoms with van der Waals surface area (Å²) in [5.74, 6) is 0. The number of hydrogen-bond donors (Lipinski definition) is 1. The predicted octanol–water partition coefficient (Wildman–Crippen LogP) is 1.97. The molecule has 0 heterocycles. The average molecular weight is 205 g/mol. The number of nitro groups is 1. The lowest BCUT2D eigenvalue weighted by atomic mass is 10.2. The van der Waals surface area contributed by atoms with Gasteiger partial charge in [0, 0.05) is 12.1 Å². The first-order valence-corrected chi connectivity index (χ1v) is 3.95. The van der Waals surface area contributed by atoms with Crippen LogP contribution in [0.1, 0.15) is 5.56 Å². The molecule has 0 aliphatic carbocycles. The van der Waals surface area contributed by atoms with Crippen LogP contribution in [0.4, 0.5) is 11.4 Å². The smallest absolute Gasteiger partial charge is 0.258 e. The van der Waals surface area contributed by atoms with Gasteiger partial charge in [0.2, 0.25) is 0 Å². The second-order valence-corrected chi connectivity index (χ2v) is 2.65. The van der Waals surface area contributed by atoms with Crippen LogP contribution in [0.25, 0.3) is 0 Å². The Balaban J connectivity index is 2.94. The van der Waals surface area contributed by atoms with Crippen molar-refractivity contribution in [3.8, 4) is 6.19 Å². The Bertz CT molecular complexity index is 449. The highest BCUT2D eigenvalue weighted by Crippen LogP contribution is 2.23. The van der Waals surface area contributed by atoms with E-state index >= 15 is 0 Å². The van der Waals surface area contributed by atoms with Crippen LogP contribution in [0.3, 0.4) is 0 Å². The van der Waals surface area contributed by atoms with Crippen molar-refractivity contribution >= 4 is 11.4 Å². The molecule has 0 aliphatic heterocycles. The summed E-state index contributed by atoms with van der Waals surface area (Å²) in [7, 11) is 0. The van der Waals surface area contributed by atoms with Gasteiger partial charge in [0.25, 0.3) is 5.69 Å². The molecule has 0 atom stereocenters. The van der Waals surface area contributed by atoms with Gasteiger partial charge >= 0.3 is 0 Å². The standard InChI is InChI=1S/C8H7N5O2/c1-6-4-7(13(14)15)2-3-8(6)11-12-10-5-9/h2-4H,1H3,(H,10,11). The van der Waals surface area contributed by atoms with Crippen LogP contribution in [0.2, 0.25) is 0 Å². The van der Waals surface area contributed by atoms with Crippen LogP contribution < -0.4 is 5.43 Å². The van der Waals surface area contributed by atoms with Gasteiger partial charge in [-0.15, -0.1) is 5.11 Å². The molecule has 0 saturated carbocycles. The highest BCUT2D eigenvalue weighted by molar-refractivity contribution is 5.50. The molecule has 0 aromatic heterocycles. The summed E-state index contributed by atoms with van der Waals surface area (Å²) in [6.45, 7) is 1.67. The number of aryl methyl sites for hydroxylation is 1. The molecule has 76 valence electrons. The molecule has 1 rings (SSSR count). The number of nitriles is 1. The molecule has 0 amide bonds. The fourth-order valence-electron chi connectivity index (χ4n) is 0.967. The van der Waals surface area contributed by atoms with E-state index in [1.807, 2.05) is 5.43 Å². The zero-order valence-electron chi connectivity index (χ0n) is 7.84. The van der Waals surface area contributed by atoms with Gasteiger partial charge in [-0.1, -0.05) is 5.22 Å². The third-order valence-corrected chi connectivity index (χ3v) is 1.65. The van der Waals surface area contributed by atoms with Crippen molar-refractivity contribution in [2.45, 2.75) is 6.92 Å². The predicted molar refractivity (Wildman–Crippen MR) is 51.1 cm³/mol. The maximum atomic E-state index is 10.4. The minimum absolute atomic E-state index is 0.000285. The Morgan fingerprint density at radius 2 is 2.33 bits per heavy atom. The van der Waals surface area contributed by atoms with Crippen LogP contribution in [0.15, 0.2) is 28.5 Å². The number of nitrogens with one attached hydrogen (secondary N) is 1.